The Hall–Kier alpha value is -2.63. The summed E-state index contributed by atoms with van der Waals surface area (Å²) in [6.07, 6.45) is 85.6. The summed E-state index contributed by atoms with van der Waals surface area (Å²) in [5.41, 5.74) is 0. The summed E-state index contributed by atoms with van der Waals surface area (Å²) in [6.45, 7) is 6.69. The Morgan fingerprint density at radius 2 is 0.456 bits per heavy atom. The maximum atomic E-state index is 13.0. The van der Waals surface area contributed by atoms with Crippen LogP contribution < -0.4 is 0 Å². The van der Waals surface area contributed by atoms with E-state index in [2.05, 4.69) is 69.4 Å². The molecule has 0 aliphatic heterocycles. The molecule has 1 unspecified atom stereocenters. The van der Waals surface area contributed by atoms with E-state index < -0.39 is 6.10 Å². The van der Waals surface area contributed by atoms with Gasteiger partial charge in [-0.15, -0.1) is 0 Å². The molecule has 0 saturated heterocycles. The monoisotopic (exact) mass is 1110 g/mol. The predicted octanol–water partition coefficient (Wildman–Crippen LogP) is 24.1. The van der Waals surface area contributed by atoms with Crippen LogP contribution in [0.1, 0.15) is 380 Å². The number of esters is 3. The number of hydrogen-bond donors (Lipinski definition) is 0. The van der Waals surface area contributed by atoms with Gasteiger partial charge in [-0.25, -0.2) is 0 Å². The molecule has 462 valence electrons. The topological polar surface area (TPSA) is 78.9 Å². The fraction of sp³-hybridized carbons (Fsp3) is 0.849. The Morgan fingerprint density at radius 3 is 0.722 bits per heavy atom. The summed E-state index contributed by atoms with van der Waals surface area (Å²) < 4.78 is 17.0. The Bertz CT molecular complexity index is 1360. The van der Waals surface area contributed by atoms with E-state index in [0.717, 1.165) is 77.0 Å². The van der Waals surface area contributed by atoms with Crippen molar-refractivity contribution in [1.29, 1.82) is 0 Å². The highest BCUT2D eigenvalue weighted by Gasteiger charge is 2.19. The molecule has 0 fully saturated rings. The van der Waals surface area contributed by atoms with Crippen molar-refractivity contribution in [3.63, 3.8) is 0 Å². The van der Waals surface area contributed by atoms with E-state index in [9.17, 15) is 14.4 Å². The van der Waals surface area contributed by atoms with Gasteiger partial charge in [0, 0.05) is 19.3 Å². The molecule has 0 amide bonds. The summed E-state index contributed by atoms with van der Waals surface area (Å²) in [4.78, 5) is 38.4. The smallest absolute Gasteiger partial charge is 0.306 e. The lowest BCUT2D eigenvalue weighted by Gasteiger charge is -2.18. The van der Waals surface area contributed by atoms with Crippen LogP contribution in [0.25, 0.3) is 0 Å². The summed E-state index contributed by atoms with van der Waals surface area (Å²) in [7, 11) is 0. The average Bonchev–Trinajstić information content (AvgIpc) is 3.45. The number of unbranched alkanes of at least 4 members (excludes halogenated alkanes) is 46. The maximum absolute atomic E-state index is 13.0. The van der Waals surface area contributed by atoms with Crippen LogP contribution in [0.3, 0.4) is 0 Å². The zero-order chi connectivity index (χ0) is 57.1. The fourth-order valence-corrected chi connectivity index (χ4v) is 10.5. The molecule has 0 spiro atoms. The van der Waals surface area contributed by atoms with Crippen LogP contribution in [-0.4, -0.2) is 37.2 Å². The van der Waals surface area contributed by atoms with Crippen LogP contribution in [0, 0.1) is 0 Å². The minimum atomic E-state index is -0.776. The molecule has 0 rings (SSSR count). The summed E-state index contributed by atoms with van der Waals surface area (Å²) >= 11 is 0. The first-order valence-corrected chi connectivity index (χ1v) is 35.1. The van der Waals surface area contributed by atoms with E-state index in [1.807, 2.05) is 0 Å². The van der Waals surface area contributed by atoms with Crippen LogP contribution in [-0.2, 0) is 28.6 Å². The predicted molar refractivity (Wildman–Crippen MR) is 344 cm³/mol. The van der Waals surface area contributed by atoms with Gasteiger partial charge in [-0.05, 0) is 83.5 Å². The summed E-state index contributed by atoms with van der Waals surface area (Å²) in [5.74, 6) is -0.853. The third-order valence-corrected chi connectivity index (χ3v) is 15.8. The van der Waals surface area contributed by atoms with Gasteiger partial charge in [0.05, 0.1) is 0 Å². The lowest BCUT2D eigenvalue weighted by atomic mass is 10.0. The standard InChI is InChI=1S/C73H134O6/c1-4-7-10-13-16-19-22-25-28-30-32-34-36-38-40-42-45-48-51-54-57-60-63-66-72(75)78-69-70(68-77-71(74)65-62-59-56-53-50-47-44-27-24-21-18-15-12-9-6-3)79-73(76)67-64-61-58-55-52-49-46-43-41-39-37-35-33-31-29-26-23-20-17-14-11-8-5-2/h22,25,30-33,36,38,70H,4-21,23-24,26-29,34-35,37,39-69H2,1-3H3/b25-22-,32-30-,33-31-,38-36-. The molecule has 0 saturated carbocycles. The summed E-state index contributed by atoms with van der Waals surface area (Å²) in [5, 5.41) is 0. The van der Waals surface area contributed by atoms with Crippen molar-refractivity contribution < 1.29 is 28.6 Å². The Morgan fingerprint density at radius 1 is 0.253 bits per heavy atom. The van der Waals surface area contributed by atoms with Gasteiger partial charge in [0.25, 0.3) is 0 Å². The van der Waals surface area contributed by atoms with Crippen LogP contribution in [0.5, 0.6) is 0 Å². The van der Waals surface area contributed by atoms with Crippen LogP contribution >= 0.6 is 0 Å². The van der Waals surface area contributed by atoms with Crippen LogP contribution in [0.2, 0.25) is 0 Å². The number of hydrogen-bond acceptors (Lipinski definition) is 6. The Labute approximate surface area is 492 Å². The van der Waals surface area contributed by atoms with E-state index in [4.69, 9.17) is 14.2 Å². The van der Waals surface area contributed by atoms with E-state index in [1.165, 1.54) is 263 Å². The third-order valence-electron chi connectivity index (χ3n) is 15.8. The molecule has 6 heteroatoms. The van der Waals surface area contributed by atoms with Gasteiger partial charge < -0.3 is 14.2 Å². The number of ether oxygens (including phenoxy) is 3. The Kier molecular flexibility index (Phi) is 65.6. The molecule has 0 aliphatic carbocycles. The minimum absolute atomic E-state index is 0.0713. The first kappa shape index (κ1) is 76.4. The van der Waals surface area contributed by atoms with Crippen molar-refractivity contribution in [3.05, 3.63) is 48.6 Å². The normalized spacial score (nSPS) is 12.3. The molecule has 0 aromatic carbocycles. The number of allylic oxidation sites excluding steroid dienone is 8. The highest BCUT2D eigenvalue weighted by atomic mass is 16.6. The maximum Gasteiger partial charge on any atom is 0.306 e. The van der Waals surface area contributed by atoms with E-state index >= 15 is 0 Å². The molecule has 0 heterocycles. The first-order chi connectivity index (χ1) is 39.0. The number of carbonyl (C=O) groups is 3. The molecule has 6 nitrogen and oxygen atoms in total. The number of carbonyl (C=O) groups excluding carboxylic acids is 3. The van der Waals surface area contributed by atoms with Gasteiger partial charge in [-0.3, -0.25) is 14.4 Å². The molecule has 0 aromatic heterocycles. The van der Waals surface area contributed by atoms with Gasteiger partial charge >= 0.3 is 17.9 Å². The molecule has 1 atom stereocenters. The molecular formula is C73H134O6. The molecule has 0 aromatic rings. The van der Waals surface area contributed by atoms with Gasteiger partial charge in [-0.2, -0.15) is 0 Å². The van der Waals surface area contributed by atoms with Crippen molar-refractivity contribution in [2.75, 3.05) is 13.2 Å². The molecule has 0 aliphatic rings. The Balaban J connectivity index is 4.32. The molecule has 0 radical (unpaired) electrons. The zero-order valence-corrected chi connectivity index (χ0v) is 53.2. The first-order valence-electron chi connectivity index (χ1n) is 35.1. The third kappa shape index (κ3) is 66.1. The second kappa shape index (κ2) is 67.9. The van der Waals surface area contributed by atoms with Gasteiger partial charge in [-0.1, -0.05) is 326 Å². The molecule has 79 heavy (non-hydrogen) atoms. The average molecular weight is 1110 g/mol. The van der Waals surface area contributed by atoms with Crippen molar-refractivity contribution in [2.24, 2.45) is 0 Å². The van der Waals surface area contributed by atoms with Crippen molar-refractivity contribution in [1.82, 2.24) is 0 Å². The molecule has 0 N–H and O–H groups in total. The highest BCUT2D eigenvalue weighted by Crippen LogP contribution is 2.18. The van der Waals surface area contributed by atoms with Crippen LogP contribution in [0.4, 0.5) is 0 Å². The van der Waals surface area contributed by atoms with Crippen molar-refractivity contribution in [2.45, 2.75) is 386 Å². The quantitative estimate of drug-likeness (QED) is 0.0261. The fourth-order valence-electron chi connectivity index (χ4n) is 10.5. The van der Waals surface area contributed by atoms with Gasteiger partial charge in [0.1, 0.15) is 13.2 Å². The van der Waals surface area contributed by atoms with Gasteiger partial charge in [0.15, 0.2) is 6.10 Å². The minimum Gasteiger partial charge on any atom is -0.462 e. The molecule has 0 bridgehead atoms. The summed E-state index contributed by atoms with van der Waals surface area (Å²) in [6, 6.07) is 0. The SMILES string of the molecule is CCCCCCC/C=C\C/C=C\C/C=C\CCCCCCCCCCC(=O)OCC(COC(=O)CCCCCCCCCCCCCCCCC)OC(=O)CCCCCCCCCCCCC/C=C\CCCCCCCCCC. The highest BCUT2D eigenvalue weighted by molar-refractivity contribution is 5.71. The van der Waals surface area contributed by atoms with Crippen molar-refractivity contribution in [3.8, 4) is 0 Å². The van der Waals surface area contributed by atoms with E-state index in [0.29, 0.717) is 19.3 Å². The van der Waals surface area contributed by atoms with E-state index in [1.54, 1.807) is 0 Å². The number of rotatable bonds is 65. The van der Waals surface area contributed by atoms with Gasteiger partial charge in [0.2, 0.25) is 0 Å². The molecular weight excluding hydrogens is 973 g/mol. The largest absolute Gasteiger partial charge is 0.462 e. The second-order valence-electron chi connectivity index (χ2n) is 23.8. The lowest BCUT2D eigenvalue weighted by Crippen LogP contribution is -2.30. The zero-order valence-electron chi connectivity index (χ0n) is 53.2. The van der Waals surface area contributed by atoms with E-state index in [-0.39, 0.29) is 31.1 Å². The van der Waals surface area contributed by atoms with Crippen molar-refractivity contribution >= 4 is 17.9 Å². The lowest BCUT2D eigenvalue weighted by molar-refractivity contribution is -0.167. The second-order valence-corrected chi connectivity index (χ2v) is 23.8. The van der Waals surface area contributed by atoms with Crippen LogP contribution in [0.15, 0.2) is 48.6 Å².